The molecule has 0 amide bonds. The average molecular weight is 338 g/mol. The molecule has 20 heavy (non-hydrogen) atoms. The second-order valence-electron chi connectivity index (χ2n) is 4.63. The van der Waals surface area contributed by atoms with Crippen LogP contribution in [0.25, 0.3) is 11.3 Å². The number of imidazole rings is 1. The van der Waals surface area contributed by atoms with Crippen LogP contribution in [0.5, 0.6) is 0 Å². The Morgan fingerprint density at radius 2 is 2.35 bits per heavy atom. The van der Waals surface area contributed by atoms with Gasteiger partial charge in [-0.25, -0.2) is 4.98 Å². The van der Waals surface area contributed by atoms with Crippen LogP contribution < -0.4 is 5.32 Å². The van der Waals surface area contributed by atoms with Crippen molar-refractivity contribution in [3.05, 3.63) is 40.8 Å². The van der Waals surface area contributed by atoms with Gasteiger partial charge in [0.2, 0.25) is 0 Å². The molecule has 0 aliphatic rings. The first kappa shape index (κ1) is 14.7. The Labute approximate surface area is 125 Å². The van der Waals surface area contributed by atoms with Gasteiger partial charge < -0.3 is 15.4 Å². The number of rotatable bonds is 6. The predicted molar refractivity (Wildman–Crippen MR) is 80.3 cm³/mol. The number of carbonyl (C=O) groups is 1. The third-order valence-corrected chi connectivity index (χ3v) is 3.36. The molecule has 106 valence electrons. The normalized spacial score (nSPS) is 12.3. The molecule has 0 spiro atoms. The lowest BCUT2D eigenvalue weighted by atomic mass is 10.2. The number of aromatic nitrogens is 2. The van der Waals surface area contributed by atoms with Crippen molar-refractivity contribution in [1.82, 2.24) is 15.3 Å². The van der Waals surface area contributed by atoms with Crippen molar-refractivity contribution in [3.63, 3.8) is 0 Å². The first-order valence-corrected chi connectivity index (χ1v) is 7.09. The first-order valence-electron chi connectivity index (χ1n) is 6.29. The zero-order valence-electron chi connectivity index (χ0n) is 11.1. The molecule has 1 aromatic heterocycles. The fourth-order valence-electron chi connectivity index (χ4n) is 1.86. The molecule has 0 radical (unpaired) electrons. The van der Waals surface area contributed by atoms with Gasteiger partial charge in [-0.2, -0.15) is 0 Å². The van der Waals surface area contributed by atoms with E-state index in [1.807, 2.05) is 31.2 Å². The zero-order chi connectivity index (χ0) is 14.5. The molecular formula is C14H16BrN3O2. The maximum absolute atomic E-state index is 10.6. The Balaban J connectivity index is 1.97. The smallest absolute Gasteiger partial charge is 0.304 e. The SMILES string of the molecule is C[C@H](CC(=O)O)NCc1ncc(-c2cccc(Br)c2)[nH]1. The van der Waals surface area contributed by atoms with Crippen LogP contribution in [-0.2, 0) is 11.3 Å². The number of nitrogens with one attached hydrogen (secondary N) is 2. The quantitative estimate of drug-likeness (QED) is 0.757. The lowest BCUT2D eigenvalue weighted by Gasteiger charge is -2.09. The summed E-state index contributed by atoms with van der Waals surface area (Å²) < 4.78 is 1.01. The minimum Gasteiger partial charge on any atom is -0.481 e. The lowest BCUT2D eigenvalue weighted by Crippen LogP contribution is -2.28. The van der Waals surface area contributed by atoms with Crippen molar-refractivity contribution in [2.45, 2.75) is 25.9 Å². The zero-order valence-corrected chi connectivity index (χ0v) is 12.6. The second-order valence-corrected chi connectivity index (χ2v) is 5.55. The van der Waals surface area contributed by atoms with Gasteiger partial charge in [-0.1, -0.05) is 28.1 Å². The van der Waals surface area contributed by atoms with E-state index in [1.165, 1.54) is 0 Å². The minimum atomic E-state index is -0.806. The highest BCUT2D eigenvalue weighted by Gasteiger charge is 2.08. The topological polar surface area (TPSA) is 78.0 Å². The molecule has 0 bridgehead atoms. The van der Waals surface area contributed by atoms with E-state index >= 15 is 0 Å². The van der Waals surface area contributed by atoms with Gasteiger partial charge in [0.05, 0.1) is 24.9 Å². The van der Waals surface area contributed by atoms with Gasteiger partial charge in [0.15, 0.2) is 0 Å². The van der Waals surface area contributed by atoms with Crippen molar-refractivity contribution >= 4 is 21.9 Å². The molecule has 0 aliphatic carbocycles. The Bertz CT molecular complexity index is 598. The van der Waals surface area contributed by atoms with Gasteiger partial charge in [-0.15, -0.1) is 0 Å². The third-order valence-electron chi connectivity index (χ3n) is 2.86. The van der Waals surface area contributed by atoms with Gasteiger partial charge in [-0.3, -0.25) is 4.79 Å². The van der Waals surface area contributed by atoms with E-state index in [0.717, 1.165) is 21.6 Å². The molecule has 0 unspecified atom stereocenters. The predicted octanol–water partition coefficient (Wildman–Crippen LogP) is 2.79. The van der Waals surface area contributed by atoms with E-state index in [1.54, 1.807) is 6.20 Å². The van der Waals surface area contributed by atoms with Crippen molar-refractivity contribution in [1.29, 1.82) is 0 Å². The number of carboxylic acid groups (broad SMARTS) is 1. The van der Waals surface area contributed by atoms with Crippen LogP contribution in [-0.4, -0.2) is 27.1 Å². The first-order chi connectivity index (χ1) is 9.54. The maximum Gasteiger partial charge on any atom is 0.304 e. The summed E-state index contributed by atoms with van der Waals surface area (Å²) in [6.45, 7) is 2.36. The number of aromatic amines is 1. The van der Waals surface area contributed by atoms with Gasteiger partial charge in [0.1, 0.15) is 5.82 Å². The summed E-state index contributed by atoms with van der Waals surface area (Å²) in [6.07, 6.45) is 1.87. The molecule has 1 aromatic carbocycles. The number of nitrogens with zero attached hydrogens (tertiary/aromatic N) is 1. The molecule has 6 heteroatoms. The van der Waals surface area contributed by atoms with E-state index < -0.39 is 5.97 Å². The number of H-pyrrole nitrogens is 1. The maximum atomic E-state index is 10.6. The average Bonchev–Trinajstić information content (AvgIpc) is 2.84. The molecule has 1 atom stereocenters. The molecule has 0 saturated heterocycles. The minimum absolute atomic E-state index is 0.0908. The van der Waals surface area contributed by atoms with Crippen LogP contribution >= 0.6 is 15.9 Å². The molecule has 2 aromatic rings. The van der Waals surface area contributed by atoms with Crippen molar-refractivity contribution in [2.24, 2.45) is 0 Å². The van der Waals surface area contributed by atoms with Crippen LogP contribution in [0.15, 0.2) is 34.9 Å². The monoisotopic (exact) mass is 337 g/mol. The van der Waals surface area contributed by atoms with E-state index in [2.05, 4.69) is 31.2 Å². The highest BCUT2D eigenvalue weighted by atomic mass is 79.9. The Hall–Kier alpha value is -1.66. The van der Waals surface area contributed by atoms with Crippen LogP contribution in [0.4, 0.5) is 0 Å². The summed E-state index contributed by atoms with van der Waals surface area (Å²) in [6, 6.07) is 7.86. The van der Waals surface area contributed by atoms with E-state index in [-0.39, 0.29) is 12.5 Å². The van der Waals surface area contributed by atoms with Crippen LogP contribution in [0.2, 0.25) is 0 Å². The van der Waals surface area contributed by atoms with Crippen LogP contribution in [0, 0.1) is 0 Å². The number of hydrogen-bond donors (Lipinski definition) is 3. The molecule has 2 rings (SSSR count). The summed E-state index contributed by atoms with van der Waals surface area (Å²) in [7, 11) is 0. The Morgan fingerprint density at radius 1 is 1.55 bits per heavy atom. The van der Waals surface area contributed by atoms with Crippen molar-refractivity contribution in [3.8, 4) is 11.3 Å². The highest BCUT2D eigenvalue weighted by molar-refractivity contribution is 9.10. The number of halogens is 1. The number of hydrogen-bond acceptors (Lipinski definition) is 3. The largest absolute Gasteiger partial charge is 0.481 e. The highest BCUT2D eigenvalue weighted by Crippen LogP contribution is 2.21. The molecule has 0 saturated carbocycles. The van der Waals surface area contributed by atoms with E-state index in [4.69, 9.17) is 5.11 Å². The van der Waals surface area contributed by atoms with E-state index in [0.29, 0.717) is 6.54 Å². The molecule has 3 N–H and O–H groups in total. The number of benzene rings is 1. The fourth-order valence-corrected chi connectivity index (χ4v) is 2.26. The van der Waals surface area contributed by atoms with Gasteiger partial charge in [0.25, 0.3) is 0 Å². The molecule has 0 aliphatic heterocycles. The van der Waals surface area contributed by atoms with Gasteiger partial charge in [-0.05, 0) is 19.1 Å². The summed E-state index contributed by atoms with van der Waals surface area (Å²) in [5, 5.41) is 11.8. The summed E-state index contributed by atoms with van der Waals surface area (Å²) in [5.74, 6) is -0.0171. The number of aliphatic carboxylic acids is 1. The molecule has 1 heterocycles. The number of carboxylic acids is 1. The molecular weight excluding hydrogens is 322 g/mol. The van der Waals surface area contributed by atoms with Crippen molar-refractivity contribution in [2.75, 3.05) is 0 Å². The van der Waals surface area contributed by atoms with Crippen LogP contribution in [0.1, 0.15) is 19.2 Å². The standard InChI is InChI=1S/C14H16BrN3O2/c1-9(5-14(19)20)16-8-13-17-7-12(18-13)10-3-2-4-11(15)6-10/h2-4,6-7,9,16H,5,8H2,1H3,(H,17,18)(H,19,20)/t9-/m1/s1. The lowest BCUT2D eigenvalue weighted by molar-refractivity contribution is -0.137. The second kappa shape index (κ2) is 6.67. The van der Waals surface area contributed by atoms with Gasteiger partial charge >= 0.3 is 5.97 Å². The van der Waals surface area contributed by atoms with E-state index in [9.17, 15) is 4.79 Å². The Kier molecular flexibility index (Phi) is 4.92. The summed E-state index contributed by atoms with van der Waals surface area (Å²) in [5.41, 5.74) is 1.99. The van der Waals surface area contributed by atoms with Gasteiger partial charge in [0, 0.05) is 16.1 Å². The summed E-state index contributed by atoms with van der Waals surface area (Å²) >= 11 is 3.44. The summed E-state index contributed by atoms with van der Waals surface area (Å²) in [4.78, 5) is 18.1. The Morgan fingerprint density at radius 3 is 3.05 bits per heavy atom. The van der Waals surface area contributed by atoms with Crippen LogP contribution in [0.3, 0.4) is 0 Å². The third kappa shape index (κ3) is 4.18. The molecule has 0 fully saturated rings. The molecule has 5 nitrogen and oxygen atoms in total. The fraction of sp³-hybridized carbons (Fsp3) is 0.286. The van der Waals surface area contributed by atoms with Crippen molar-refractivity contribution < 1.29 is 9.90 Å².